The smallest absolute Gasteiger partial charge is 0.145 e. The third-order valence-corrected chi connectivity index (χ3v) is 2.68. The molecule has 1 aromatic carbocycles. The van der Waals surface area contributed by atoms with Crippen molar-refractivity contribution in [3.05, 3.63) is 29.8 Å². The Balaban J connectivity index is 2.38. The predicted molar refractivity (Wildman–Crippen MR) is 72.4 cm³/mol. The number of hydrogen-bond donors (Lipinski definition) is 2. The Labute approximate surface area is 107 Å². The first-order valence-electron chi connectivity index (χ1n) is 5.73. The largest absolute Gasteiger partial charge is 0.496 e. The summed E-state index contributed by atoms with van der Waals surface area (Å²) in [4.78, 5) is 2.10. The van der Waals surface area contributed by atoms with E-state index in [-0.39, 0.29) is 0 Å². The fourth-order valence-electron chi connectivity index (χ4n) is 1.90. The molecule has 0 saturated carbocycles. The molecule has 0 radical (unpaired) electrons. The summed E-state index contributed by atoms with van der Waals surface area (Å²) in [6, 6.07) is 7.86. The molecule has 96 valence electrons. The van der Waals surface area contributed by atoms with E-state index in [9.17, 15) is 0 Å². The molecule has 1 aromatic heterocycles. The lowest BCUT2D eigenvalue weighted by atomic mass is 10.1. The molecule has 0 aliphatic carbocycles. The molecule has 0 bridgehead atoms. The van der Waals surface area contributed by atoms with Crippen LogP contribution in [0.2, 0.25) is 0 Å². The summed E-state index contributed by atoms with van der Waals surface area (Å²) in [6.45, 7) is 0.820. The molecule has 0 saturated heterocycles. The first-order valence-corrected chi connectivity index (χ1v) is 5.73. The molecule has 0 aliphatic rings. The van der Waals surface area contributed by atoms with Crippen LogP contribution in [0.5, 0.6) is 5.75 Å². The zero-order chi connectivity index (χ0) is 13.1. The second kappa shape index (κ2) is 5.10. The van der Waals surface area contributed by atoms with Crippen LogP contribution in [0.1, 0.15) is 5.56 Å². The van der Waals surface area contributed by atoms with Crippen molar-refractivity contribution in [3.8, 4) is 17.0 Å². The molecule has 2 aromatic rings. The van der Waals surface area contributed by atoms with E-state index in [1.54, 1.807) is 7.11 Å². The lowest BCUT2D eigenvalue weighted by Gasteiger charge is -2.14. The van der Waals surface area contributed by atoms with E-state index in [0.29, 0.717) is 5.82 Å². The minimum absolute atomic E-state index is 0.495. The van der Waals surface area contributed by atoms with Gasteiger partial charge in [-0.2, -0.15) is 5.10 Å². The number of aromatic nitrogens is 2. The van der Waals surface area contributed by atoms with Crippen molar-refractivity contribution in [1.82, 2.24) is 15.1 Å². The highest BCUT2D eigenvalue weighted by Crippen LogP contribution is 2.26. The normalized spacial score (nSPS) is 10.9. The third-order valence-electron chi connectivity index (χ3n) is 2.68. The maximum Gasteiger partial charge on any atom is 0.145 e. The van der Waals surface area contributed by atoms with Gasteiger partial charge >= 0.3 is 0 Å². The summed E-state index contributed by atoms with van der Waals surface area (Å²) >= 11 is 0. The van der Waals surface area contributed by atoms with E-state index in [1.165, 1.54) is 0 Å². The Kier molecular flexibility index (Phi) is 3.53. The Bertz CT molecular complexity index is 534. The van der Waals surface area contributed by atoms with Gasteiger partial charge in [-0.1, -0.05) is 0 Å². The van der Waals surface area contributed by atoms with Crippen LogP contribution in [0, 0.1) is 0 Å². The van der Waals surface area contributed by atoms with Gasteiger partial charge in [0.1, 0.15) is 11.6 Å². The summed E-state index contributed by atoms with van der Waals surface area (Å²) in [5.41, 5.74) is 8.71. The number of nitrogen functional groups attached to an aromatic ring is 1. The Morgan fingerprint density at radius 3 is 2.67 bits per heavy atom. The van der Waals surface area contributed by atoms with Gasteiger partial charge in [0.05, 0.1) is 12.8 Å². The maximum absolute atomic E-state index is 5.62. The number of H-pyrrole nitrogens is 1. The van der Waals surface area contributed by atoms with E-state index in [0.717, 1.165) is 29.1 Å². The van der Waals surface area contributed by atoms with Crippen LogP contribution in [-0.4, -0.2) is 36.3 Å². The third kappa shape index (κ3) is 2.62. The van der Waals surface area contributed by atoms with Crippen molar-refractivity contribution in [1.29, 1.82) is 0 Å². The van der Waals surface area contributed by atoms with Gasteiger partial charge in [0.2, 0.25) is 0 Å². The van der Waals surface area contributed by atoms with Crippen molar-refractivity contribution < 1.29 is 4.74 Å². The van der Waals surface area contributed by atoms with Crippen LogP contribution in [-0.2, 0) is 6.54 Å². The molecule has 0 atom stereocenters. The molecule has 0 amide bonds. The number of methoxy groups -OCH3 is 1. The summed E-state index contributed by atoms with van der Waals surface area (Å²) in [7, 11) is 5.74. The molecule has 1 heterocycles. The molecular formula is C13H18N4O. The molecule has 2 rings (SSSR count). The van der Waals surface area contributed by atoms with Crippen molar-refractivity contribution >= 4 is 5.82 Å². The second-order valence-electron chi connectivity index (χ2n) is 4.47. The van der Waals surface area contributed by atoms with Gasteiger partial charge in [0.25, 0.3) is 0 Å². The van der Waals surface area contributed by atoms with Crippen molar-refractivity contribution in [2.24, 2.45) is 0 Å². The van der Waals surface area contributed by atoms with E-state index >= 15 is 0 Å². The fraction of sp³-hybridized carbons (Fsp3) is 0.308. The average molecular weight is 246 g/mol. The molecule has 0 spiro atoms. The van der Waals surface area contributed by atoms with Crippen LogP contribution >= 0.6 is 0 Å². The van der Waals surface area contributed by atoms with Crippen LogP contribution in [0.25, 0.3) is 11.3 Å². The monoisotopic (exact) mass is 246 g/mol. The molecule has 0 aliphatic heterocycles. The standard InChI is InChI=1S/C13H18N4O/c1-17(2)8-10-6-9(4-5-12(10)18-3)11-7-13(14)16-15-11/h4-7H,8H2,1-3H3,(H3,14,15,16). The van der Waals surface area contributed by atoms with Gasteiger partial charge in [0.15, 0.2) is 0 Å². The summed E-state index contributed by atoms with van der Waals surface area (Å²) in [5, 5.41) is 6.85. The number of aromatic amines is 1. The first-order chi connectivity index (χ1) is 8.60. The number of rotatable bonds is 4. The summed E-state index contributed by atoms with van der Waals surface area (Å²) < 4.78 is 5.37. The SMILES string of the molecule is COc1ccc(-c2cc(N)n[nH]2)cc1CN(C)C. The molecule has 0 unspecified atom stereocenters. The topological polar surface area (TPSA) is 67.2 Å². The molecular weight excluding hydrogens is 228 g/mol. The minimum Gasteiger partial charge on any atom is -0.496 e. The Morgan fingerprint density at radius 1 is 1.33 bits per heavy atom. The number of nitrogens with zero attached hydrogens (tertiary/aromatic N) is 2. The number of nitrogens with two attached hydrogens (primary N) is 1. The van der Waals surface area contributed by atoms with Crippen LogP contribution < -0.4 is 10.5 Å². The van der Waals surface area contributed by atoms with Crippen molar-refractivity contribution in [2.75, 3.05) is 26.9 Å². The lowest BCUT2D eigenvalue weighted by Crippen LogP contribution is -2.11. The molecule has 5 heteroatoms. The van der Waals surface area contributed by atoms with Gasteiger partial charge in [-0.05, 0) is 32.3 Å². The van der Waals surface area contributed by atoms with Gasteiger partial charge in [-0.25, -0.2) is 0 Å². The van der Waals surface area contributed by atoms with Gasteiger partial charge < -0.3 is 15.4 Å². The Hall–Kier alpha value is -2.01. The number of hydrogen-bond acceptors (Lipinski definition) is 4. The van der Waals surface area contributed by atoms with Crippen LogP contribution in [0.3, 0.4) is 0 Å². The van der Waals surface area contributed by atoms with Gasteiger partial charge in [-0.15, -0.1) is 0 Å². The van der Waals surface area contributed by atoms with E-state index in [4.69, 9.17) is 10.5 Å². The molecule has 5 nitrogen and oxygen atoms in total. The predicted octanol–water partition coefficient (Wildman–Crippen LogP) is 1.73. The van der Waals surface area contributed by atoms with E-state index in [2.05, 4.69) is 21.2 Å². The second-order valence-corrected chi connectivity index (χ2v) is 4.47. The van der Waals surface area contributed by atoms with E-state index < -0.39 is 0 Å². The quantitative estimate of drug-likeness (QED) is 0.862. The van der Waals surface area contributed by atoms with Gasteiger partial charge in [-0.3, -0.25) is 5.10 Å². The van der Waals surface area contributed by atoms with Crippen molar-refractivity contribution in [3.63, 3.8) is 0 Å². The van der Waals surface area contributed by atoms with Crippen molar-refractivity contribution in [2.45, 2.75) is 6.54 Å². The average Bonchev–Trinajstić information content (AvgIpc) is 2.75. The number of nitrogens with one attached hydrogen (secondary N) is 1. The highest BCUT2D eigenvalue weighted by atomic mass is 16.5. The highest BCUT2D eigenvalue weighted by Gasteiger charge is 2.08. The molecule has 18 heavy (non-hydrogen) atoms. The van der Waals surface area contributed by atoms with Crippen LogP contribution in [0.15, 0.2) is 24.3 Å². The molecule has 0 fully saturated rings. The maximum atomic E-state index is 5.62. The zero-order valence-corrected chi connectivity index (χ0v) is 10.9. The van der Waals surface area contributed by atoms with Gasteiger partial charge in [0, 0.05) is 23.7 Å². The highest BCUT2D eigenvalue weighted by molar-refractivity contribution is 5.64. The number of benzene rings is 1. The fourth-order valence-corrected chi connectivity index (χ4v) is 1.90. The number of ether oxygens (including phenoxy) is 1. The lowest BCUT2D eigenvalue weighted by molar-refractivity contribution is 0.372. The summed E-state index contributed by atoms with van der Waals surface area (Å²) in [5.74, 6) is 1.38. The van der Waals surface area contributed by atoms with E-state index in [1.807, 2.05) is 32.3 Å². The Morgan fingerprint density at radius 2 is 2.11 bits per heavy atom. The number of anilines is 1. The van der Waals surface area contributed by atoms with Crippen LogP contribution in [0.4, 0.5) is 5.82 Å². The minimum atomic E-state index is 0.495. The zero-order valence-electron chi connectivity index (χ0n) is 10.9. The first kappa shape index (κ1) is 12.4. The summed E-state index contributed by atoms with van der Waals surface area (Å²) in [6.07, 6.45) is 0. The molecule has 3 N–H and O–H groups in total.